The van der Waals surface area contributed by atoms with Crippen LogP contribution in [0.25, 0.3) is 22.2 Å². The van der Waals surface area contributed by atoms with Gasteiger partial charge in [0.05, 0.1) is 11.3 Å². The fourth-order valence-corrected chi connectivity index (χ4v) is 7.06. The van der Waals surface area contributed by atoms with Gasteiger partial charge < -0.3 is 19.5 Å². The maximum atomic E-state index is 11.9. The van der Waals surface area contributed by atoms with Crippen LogP contribution >= 0.6 is 0 Å². The van der Waals surface area contributed by atoms with Gasteiger partial charge in [-0.25, -0.2) is 4.79 Å². The molecule has 1 saturated heterocycles. The summed E-state index contributed by atoms with van der Waals surface area (Å²) in [6, 6.07) is 12.8. The van der Waals surface area contributed by atoms with E-state index in [9.17, 15) is 9.90 Å². The first kappa shape index (κ1) is 24.5. The third-order valence-electron chi connectivity index (χ3n) is 9.27. The van der Waals surface area contributed by atoms with Crippen molar-refractivity contribution in [1.82, 2.24) is 9.47 Å². The van der Waals surface area contributed by atoms with E-state index < -0.39 is 5.97 Å². The fraction of sp³-hybridized carbons (Fsp3) is 0.531. The highest BCUT2D eigenvalue weighted by atomic mass is 16.4. The van der Waals surface area contributed by atoms with E-state index in [2.05, 4.69) is 52.5 Å². The van der Waals surface area contributed by atoms with Gasteiger partial charge in [-0.05, 0) is 86.9 Å². The van der Waals surface area contributed by atoms with Crippen LogP contribution in [0.5, 0.6) is 0 Å². The van der Waals surface area contributed by atoms with Gasteiger partial charge in [0.2, 0.25) is 0 Å². The Labute approximate surface area is 221 Å². The van der Waals surface area contributed by atoms with Crippen molar-refractivity contribution in [2.75, 3.05) is 37.6 Å². The number of aromatic nitrogens is 1. The lowest BCUT2D eigenvalue weighted by Crippen LogP contribution is -2.40. The summed E-state index contributed by atoms with van der Waals surface area (Å²) >= 11 is 0. The van der Waals surface area contributed by atoms with Gasteiger partial charge in [-0.1, -0.05) is 44.4 Å². The molecule has 1 aromatic heterocycles. The van der Waals surface area contributed by atoms with Crippen molar-refractivity contribution in [2.45, 2.75) is 71.3 Å². The Morgan fingerprint density at radius 2 is 1.70 bits per heavy atom. The maximum Gasteiger partial charge on any atom is 0.335 e. The predicted molar refractivity (Wildman–Crippen MR) is 152 cm³/mol. The van der Waals surface area contributed by atoms with E-state index in [-0.39, 0.29) is 0 Å². The van der Waals surface area contributed by atoms with Gasteiger partial charge in [-0.3, -0.25) is 0 Å². The van der Waals surface area contributed by atoms with Crippen LogP contribution in [0.15, 0.2) is 36.4 Å². The first-order valence-electron chi connectivity index (χ1n) is 14.5. The van der Waals surface area contributed by atoms with Crippen molar-refractivity contribution in [3.05, 3.63) is 53.1 Å². The highest BCUT2D eigenvalue weighted by Gasteiger charge is 2.31. The third-order valence-corrected chi connectivity index (χ3v) is 9.27. The van der Waals surface area contributed by atoms with Gasteiger partial charge >= 0.3 is 5.97 Å². The highest BCUT2D eigenvalue weighted by molar-refractivity contribution is 5.99. The van der Waals surface area contributed by atoms with Crippen LogP contribution in [0.4, 0.5) is 5.69 Å². The molecular weight excluding hydrogens is 458 g/mol. The average molecular weight is 500 g/mol. The molecule has 0 unspecified atom stereocenters. The van der Waals surface area contributed by atoms with Crippen molar-refractivity contribution in [3.8, 4) is 11.3 Å². The second-order valence-electron chi connectivity index (χ2n) is 11.8. The molecule has 3 aliphatic rings. The average Bonchev–Trinajstić information content (AvgIpc) is 3.14. The number of aryl methyl sites for hydroxylation is 1. The van der Waals surface area contributed by atoms with Crippen LogP contribution in [0.1, 0.15) is 79.3 Å². The number of anilines is 1. The number of fused-ring (bicyclic) bond motifs is 5. The minimum absolute atomic E-state index is 0.382. The zero-order valence-electron chi connectivity index (χ0n) is 22.5. The van der Waals surface area contributed by atoms with E-state index >= 15 is 0 Å². The molecule has 0 bridgehead atoms. The molecule has 5 heteroatoms. The minimum atomic E-state index is -0.848. The third kappa shape index (κ3) is 4.67. The molecule has 2 aromatic carbocycles. The molecule has 0 amide bonds. The molecular formula is C32H41N3O2. The van der Waals surface area contributed by atoms with Crippen molar-refractivity contribution in [3.63, 3.8) is 0 Å². The number of rotatable bonds is 5. The van der Waals surface area contributed by atoms with Crippen LogP contribution in [-0.2, 0) is 6.54 Å². The van der Waals surface area contributed by atoms with E-state index in [1.54, 1.807) is 6.07 Å². The smallest absolute Gasteiger partial charge is 0.335 e. The number of carboxylic acids is 1. The van der Waals surface area contributed by atoms with Gasteiger partial charge in [0.25, 0.3) is 0 Å². The second kappa shape index (κ2) is 10.2. The first-order chi connectivity index (χ1) is 18.0. The minimum Gasteiger partial charge on any atom is -0.478 e. The summed E-state index contributed by atoms with van der Waals surface area (Å²) in [6.45, 7) is 11.0. The second-order valence-corrected chi connectivity index (χ2v) is 11.8. The van der Waals surface area contributed by atoms with Gasteiger partial charge in [-0.2, -0.15) is 0 Å². The molecule has 3 aromatic rings. The Kier molecular flexibility index (Phi) is 6.74. The molecule has 2 fully saturated rings. The molecule has 1 N–H and O–H groups in total. The largest absolute Gasteiger partial charge is 0.478 e. The van der Waals surface area contributed by atoms with E-state index in [0.29, 0.717) is 11.5 Å². The van der Waals surface area contributed by atoms with Crippen molar-refractivity contribution in [2.24, 2.45) is 5.92 Å². The maximum absolute atomic E-state index is 11.9. The Bertz CT molecular complexity index is 1300. The number of benzene rings is 2. The van der Waals surface area contributed by atoms with Gasteiger partial charge in [-0.15, -0.1) is 0 Å². The molecule has 37 heavy (non-hydrogen) atoms. The summed E-state index contributed by atoms with van der Waals surface area (Å²) in [5.41, 5.74) is 8.25. The van der Waals surface area contributed by atoms with Crippen molar-refractivity contribution >= 4 is 22.6 Å². The lowest BCUT2D eigenvalue weighted by atomic mass is 9.81. The fourth-order valence-electron chi connectivity index (χ4n) is 7.06. The Morgan fingerprint density at radius 3 is 2.46 bits per heavy atom. The van der Waals surface area contributed by atoms with Crippen molar-refractivity contribution < 1.29 is 9.90 Å². The molecule has 0 radical (unpaired) electrons. The number of likely N-dealkylation sites (tertiary alicyclic amines) is 1. The van der Waals surface area contributed by atoms with Crippen molar-refractivity contribution in [1.29, 1.82) is 0 Å². The number of nitrogens with zero attached hydrogens (tertiary/aromatic N) is 3. The first-order valence-corrected chi connectivity index (χ1v) is 14.5. The van der Waals surface area contributed by atoms with Crippen LogP contribution in [-0.4, -0.2) is 53.3 Å². The zero-order valence-corrected chi connectivity index (χ0v) is 22.5. The quantitative estimate of drug-likeness (QED) is 0.414. The zero-order chi connectivity index (χ0) is 25.5. The normalized spacial score (nSPS) is 19.6. The molecule has 3 heterocycles. The Balaban J connectivity index is 1.45. The van der Waals surface area contributed by atoms with Gasteiger partial charge in [0, 0.05) is 48.3 Å². The van der Waals surface area contributed by atoms with E-state index in [1.165, 1.54) is 91.5 Å². The standard InChI is InChI=1S/C32H41N3O2/c1-22-12-14-33(15-13-22)16-17-34-18-19-35-29-21-25(32(36)37)9-11-26(29)30(24-6-4-3-5-7-24)31(35)27-10-8-23(2)20-28(27)34/h8-11,20-22,24H,3-7,12-19H2,1-2H3,(H,36,37). The number of aromatic carboxylic acids is 1. The van der Waals surface area contributed by atoms with E-state index in [4.69, 9.17) is 0 Å². The summed E-state index contributed by atoms with van der Waals surface area (Å²) < 4.78 is 2.46. The molecule has 6 rings (SSSR count). The summed E-state index contributed by atoms with van der Waals surface area (Å²) in [5, 5.41) is 11.0. The SMILES string of the molecule is Cc1ccc2c(c1)N(CCN1CCC(C)CC1)CCn1c-2c(C2CCCCC2)c2ccc(C(=O)O)cc21. The molecule has 0 atom stereocenters. The topological polar surface area (TPSA) is 48.7 Å². The summed E-state index contributed by atoms with van der Waals surface area (Å²) in [4.78, 5) is 17.2. The Morgan fingerprint density at radius 1 is 0.919 bits per heavy atom. The molecule has 196 valence electrons. The Hall–Kier alpha value is -2.79. The molecule has 2 aliphatic heterocycles. The lowest BCUT2D eigenvalue weighted by Gasteiger charge is -2.33. The highest BCUT2D eigenvalue weighted by Crippen LogP contribution is 2.47. The predicted octanol–water partition coefficient (Wildman–Crippen LogP) is 6.91. The summed E-state index contributed by atoms with van der Waals surface area (Å²) in [5.74, 6) is 0.545. The summed E-state index contributed by atoms with van der Waals surface area (Å²) in [7, 11) is 0. The summed E-state index contributed by atoms with van der Waals surface area (Å²) in [6.07, 6.45) is 8.97. The monoisotopic (exact) mass is 499 g/mol. The molecule has 1 aliphatic carbocycles. The number of carboxylic acid groups (broad SMARTS) is 1. The van der Waals surface area contributed by atoms with Crippen LogP contribution in [0.3, 0.4) is 0 Å². The van der Waals surface area contributed by atoms with Crippen LogP contribution in [0, 0.1) is 12.8 Å². The molecule has 0 spiro atoms. The van der Waals surface area contributed by atoms with E-state index in [0.717, 1.165) is 37.6 Å². The lowest BCUT2D eigenvalue weighted by molar-refractivity contribution is 0.0697. The number of piperidine rings is 1. The number of hydrogen-bond donors (Lipinski definition) is 1. The van der Waals surface area contributed by atoms with Crippen LogP contribution in [0.2, 0.25) is 0 Å². The van der Waals surface area contributed by atoms with Crippen LogP contribution < -0.4 is 4.90 Å². The number of carbonyl (C=O) groups is 1. The number of hydrogen-bond acceptors (Lipinski definition) is 3. The van der Waals surface area contributed by atoms with E-state index in [1.807, 2.05) is 6.07 Å². The molecule has 5 nitrogen and oxygen atoms in total. The molecule has 1 saturated carbocycles. The van der Waals surface area contributed by atoms with Gasteiger partial charge in [0.15, 0.2) is 0 Å². The van der Waals surface area contributed by atoms with Gasteiger partial charge in [0.1, 0.15) is 0 Å².